The zero-order valence-corrected chi connectivity index (χ0v) is 13.3. The third-order valence-electron chi connectivity index (χ3n) is 4.79. The summed E-state index contributed by atoms with van der Waals surface area (Å²) in [6.45, 7) is 10.4. The first kappa shape index (κ1) is 14.8. The van der Waals surface area contributed by atoms with Crippen LogP contribution in [-0.2, 0) is 4.74 Å². The maximum Gasteiger partial charge on any atom is 0.131 e. The van der Waals surface area contributed by atoms with Crippen molar-refractivity contribution in [2.45, 2.75) is 39.2 Å². The van der Waals surface area contributed by atoms with E-state index >= 15 is 0 Å². The number of anilines is 1. The fourth-order valence-corrected chi connectivity index (χ4v) is 3.62. The molecule has 2 aliphatic rings. The SMILES string of the molecule is CCN1CCCCC1c1cnc(N2CCOCC2)c(C)c1. The number of nitrogens with zero attached hydrogens (tertiary/aromatic N) is 3. The van der Waals surface area contributed by atoms with Gasteiger partial charge >= 0.3 is 0 Å². The van der Waals surface area contributed by atoms with Crippen LogP contribution in [0, 0.1) is 6.92 Å². The summed E-state index contributed by atoms with van der Waals surface area (Å²) in [6, 6.07) is 2.92. The van der Waals surface area contributed by atoms with Crippen LogP contribution in [0.2, 0.25) is 0 Å². The maximum atomic E-state index is 5.43. The van der Waals surface area contributed by atoms with Crippen molar-refractivity contribution >= 4 is 5.82 Å². The Morgan fingerprint density at radius 2 is 2.05 bits per heavy atom. The van der Waals surface area contributed by atoms with Gasteiger partial charge in [0.05, 0.1) is 13.2 Å². The van der Waals surface area contributed by atoms with Gasteiger partial charge in [-0.3, -0.25) is 4.90 Å². The molecule has 1 aromatic rings. The number of ether oxygens (including phenoxy) is 1. The molecule has 0 saturated carbocycles. The van der Waals surface area contributed by atoms with Crippen LogP contribution in [-0.4, -0.2) is 49.3 Å². The quantitative estimate of drug-likeness (QED) is 0.855. The Morgan fingerprint density at radius 3 is 2.76 bits per heavy atom. The minimum atomic E-state index is 0.564. The first-order valence-corrected chi connectivity index (χ1v) is 8.33. The lowest BCUT2D eigenvalue weighted by molar-refractivity contribution is 0.122. The van der Waals surface area contributed by atoms with Gasteiger partial charge in [-0.25, -0.2) is 4.98 Å². The van der Waals surface area contributed by atoms with E-state index in [1.54, 1.807) is 0 Å². The van der Waals surface area contributed by atoms with E-state index in [0.29, 0.717) is 6.04 Å². The second-order valence-electron chi connectivity index (χ2n) is 6.15. The molecule has 0 bridgehead atoms. The summed E-state index contributed by atoms with van der Waals surface area (Å²) in [4.78, 5) is 9.73. The molecule has 2 saturated heterocycles. The average Bonchev–Trinajstić information content (AvgIpc) is 2.55. The molecule has 0 aliphatic carbocycles. The molecule has 3 heterocycles. The predicted octanol–water partition coefficient (Wildman–Crippen LogP) is 2.77. The molecule has 2 fully saturated rings. The van der Waals surface area contributed by atoms with Gasteiger partial charge in [0, 0.05) is 25.3 Å². The Kier molecular flexibility index (Phi) is 4.76. The van der Waals surface area contributed by atoms with Gasteiger partial charge in [-0.2, -0.15) is 0 Å². The number of morpholine rings is 1. The summed E-state index contributed by atoms with van der Waals surface area (Å²) in [5.74, 6) is 1.14. The summed E-state index contributed by atoms with van der Waals surface area (Å²) >= 11 is 0. The molecule has 1 aromatic heterocycles. The van der Waals surface area contributed by atoms with E-state index in [0.717, 1.165) is 38.7 Å². The van der Waals surface area contributed by atoms with Crippen molar-refractivity contribution in [1.29, 1.82) is 0 Å². The number of hydrogen-bond donors (Lipinski definition) is 0. The number of aryl methyl sites for hydroxylation is 1. The highest BCUT2D eigenvalue weighted by Crippen LogP contribution is 2.32. The van der Waals surface area contributed by atoms with E-state index in [1.165, 1.54) is 36.9 Å². The van der Waals surface area contributed by atoms with E-state index in [2.05, 4.69) is 35.9 Å². The molecule has 1 unspecified atom stereocenters. The number of aromatic nitrogens is 1. The van der Waals surface area contributed by atoms with Crippen LogP contribution in [0.25, 0.3) is 0 Å². The first-order valence-electron chi connectivity index (χ1n) is 8.33. The zero-order chi connectivity index (χ0) is 14.7. The predicted molar refractivity (Wildman–Crippen MR) is 85.8 cm³/mol. The topological polar surface area (TPSA) is 28.6 Å². The van der Waals surface area contributed by atoms with Crippen molar-refractivity contribution in [3.05, 3.63) is 23.4 Å². The van der Waals surface area contributed by atoms with Gasteiger partial charge in [-0.1, -0.05) is 13.3 Å². The molecular weight excluding hydrogens is 262 g/mol. The van der Waals surface area contributed by atoms with E-state index < -0.39 is 0 Å². The summed E-state index contributed by atoms with van der Waals surface area (Å²) < 4.78 is 5.43. The summed E-state index contributed by atoms with van der Waals surface area (Å²) in [7, 11) is 0. The highest BCUT2D eigenvalue weighted by atomic mass is 16.5. The van der Waals surface area contributed by atoms with Crippen LogP contribution >= 0.6 is 0 Å². The van der Waals surface area contributed by atoms with Crippen molar-refractivity contribution in [3.63, 3.8) is 0 Å². The Labute approximate surface area is 128 Å². The monoisotopic (exact) mass is 289 g/mol. The van der Waals surface area contributed by atoms with Crippen molar-refractivity contribution in [2.24, 2.45) is 0 Å². The van der Waals surface area contributed by atoms with Crippen molar-refractivity contribution in [3.8, 4) is 0 Å². The smallest absolute Gasteiger partial charge is 0.131 e. The van der Waals surface area contributed by atoms with E-state index in [9.17, 15) is 0 Å². The number of piperidine rings is 1. The minimum Gasteiger partial charge on any atom is -0.378 e. The van der Waals surface area contributed by atoms with Crippen LogP contribution in [0.3, 0.4) is 0 Å². The Bertz CT molecular complexity index is 471. The van der Waals surface area contributed by atoms with Crippen LogP contribution < -0.4 is 4.90 Å². The molecule has 0 radical (unpaired) electrons. The largest absolute Gasteiger partial charge is 0.378 e. The van der Waals surface area contributed by atoms with E-state index in [4.69, 9.17) is 9.72 Å². The third kappa shape index (κ3) is 3.22. The van der Waals surface area contributed by atoms with Gasteiger partial charge in [0.2, 0.25) is 0 Å². The Balaban J connectivity index is 1.79. The highest BCUT2D eigenvalue weighted by Gasteiger charge is 2.24. The summed E-state index contributed by atoms with van der Waals surface area (Å²) in [5.41, 5.74) is 2.70. The van der Waals surface area contributed by atoms with Crippen LogP contribution in [0.4, 0.5) is 5.82 Å². The molecule has 21 heavy (non-hydrogen) atoms. The molecule has 3 rings (SSSR count). The van der Waals surface area contributed by atoms with Gasteiger partial charge in [0.15, 0.2) is 0 Å². The van der Waals surface area contributed by atoms with Crippen molar-refractivity contribution < 1.29 is 4.74 Å². The molecule has 116 valence electrons. The molecule has 0 spiro atoms. The van der Waals surface area contributed by atoms with Gasteiger partial charge in [0.1, 0.15) is 5.82 Å². The fraction of sp³-hybridized carbons (Fsp3) is 0.706. The van der Waals surface area contributed by atoms with Crippen molar-refractivity contribution in [2.75, 3.05) is 44.3 Å². The third-order valence-corrected chi connectivity index (χ3v) is 4.79. The highest BCUT2D eigenvalue weighted by molar-refractivity contribution is 5.48. The molecule has 2 aliphatic heterocycles. The van der Waals surface area contributed by atoms with Crippen LogP contribution in [0.5, 0.6) is 0 Å². The lowest BCUT2D eigenvalue weighted by Gasteiger charge is -2.35. The number of likely N-dealkylation sites (tertiary alicyclic amines) is 1. The average molecular weight is 289 g/mol. The summed E-state index contributed by atoms with van der Waals surface area (Å²) in [5, 5.41) is 0. The summed E-state index contributed by atoms with van der Waals surface area (Å²) in [6.07, 6.45) is 6.05. The standard InChI is InChI=1S/C17H27N3O/c1-3-19-7-5-4-6-16(19)15-12-14(2)17(18-13-15)20-8-10-21-11-9-20/h12-13,16H,3-11H2,1-2H3. The lowest BCUT2D eigenvalue weighted by Crippen LogP contribution is -2.37. The van der Waals surface area contributed by atoms with E-state index in [1.807, 2.05) is 0 Å². The second kappa shape index (κ2) is 6.75. The Morgan fingerprint density at radius 1 is 1.24 bits per heavy atom. The molecule has 1 atom stereocenters. The second-order valence-corrected chi connectivity index (χ2v) is 6.15. The number of hydrogen-bond acceptors (Lipinski definition) is 4. The first-order chi connectivity index (χ1) is 10.3. The Hall–Kier alpha value is -1.13. The zero-order valence-electron chi connectivity index (χ0n) is 13.3. The van der Waals surface area contributed by atoms with Gasteiger partial charge in [-0.15, -0.1) is 0 Å². The molecular formula is C17H27N3O. The molecule has 0 amide bonds. The van der Waals surface area contributed by atoms with Crippen molar-refractivity contribution in [1.82, 2.24) is 9.88 Å². The van der Waals surface area contributed by atoms with Crippen LogP contribution in [0.1, 0.15) is 43.4 Å². The van der Waals surface area contributed by atoms with E-state index in [-0.39, 0.29) is 0 Å². The molecule has 4 nitrogen and oxygen atoms in total. The van der Waals surface area contributed by atoms with Gasteiger partial charge < -0.3 is 9.64 Å². The lowest BCUT2D eigenvalue weighted by atomic mass is 9.95. The van der Waals surface area contributed by atoms with Gasteiger partial charge in [-0.05, 0) is 50.0 Å². The number of rotatable bonds is 3. The number of pyridine rings is 1. The molecule has 0 aromatic carbocycles. The van der Waals surface area contributed by atoms with Gasteiger partial charge in [0.25, 0.3) is 0 Å². The normalized spacial score (nSPS) is 24.3. The fourth-order valence-electron chi connectivity index (χ4n) is 3.62. The maximum absolute atomic E-state index is 5.43. The molecule has 4 heteroatoms. The molecule has 0 N–H and O–H groups in total. The minimum absolute atomic E-state index is 0.564. The van der Waals surface area contributed by atoms with Crippen LogP contribution in [0.15, 0.2) is 12.3 Å².